The summed E-state index contributed by atoms with van der Waals surface area (Å²) in [6, 6.07) is 6.69. The first-order valence-corrected chi connectivity index (χ1v) is 4.20. The van der Waals surface area contributed by atoms with Crippen molar-refractivity contribution >= 4 is 17.6 Å². The van der Waals surface area contributed by atoms with Crippen molar-refractivity contribution in [2.75, 3.05) is 13.0 Å². The van der Waals surface area contributed by atoms with Crippen LogP contribution in [0.5, 0.6) is 11.5 Å². The summed E-state index contributed by atoms with van der Waals surface area (Å²) >= 11 is 5.26. The number of hydrogen-bond donors (Lipinski definition) is 0. The molecule has 1 aromatic carbocycles. The first-order valence-electron chi connectivity index (χ1n) is 3.67. The SMILES string of the molecule is COc1ccc(OC(=O)CCl)cc1. The van der Waals surface area contributed by atoms with Crippen LogP contribution >= 0.6 is 11.6 Å². The van der Waals surface area contributed by atoms with Crippen molar-refractivity contribution in [2.24, 2.45) is 0 Å². The van der Waals surface area contributed by atoms with Crippen LogP contribution in [-0.4, -0.2) is 19.0 Å². The lowest BCUT2D eigenvalue weighted by atomic mass is 10.3. The molecule has 0 aromatic heterocycles. The van der Waals surface area contributed by atoms with Crippen molar-refractivity contribution < 1.29 is 14.3 Å². The highest BCUT2D eigenvalue weighted by Gasteiger charge is 2.01. The van der Waals surface area contributed by atoms with Gasteiger partial charge < -0.3 is 9.47 Å². The molecule has 70 valence electrons. The highest BCUT2D eigenvalue weighted by atomic mass is 35.5. The van der Waals surface area contributed by atoms with E-state index in [0.717, 1.165) is 0 Å². The van der Waals surface area contributed by atoms with E-state index in [0.29, 0.717) is 11.5 Å². The lowest BCUT2D eigenvalue weighted by molar-refractivity contribution is -0.131. The molecule has 0 bridgehead atoms. The minimum absolute atomic E-state index is 0.147. The zero-order chi connectivity index (χ0) is 9.68. The van der Waals surface area contributed by atoms with Crippen molar-refractivity contribution in [3.8, 4) is 11.5 Å². The molecule has 3 nitrogen and oxygen atoms in total. The number of hydrogen-bond acceptors (Lipinski definition) is 3. The van der Waals surface area contributed by atoms with Crippen LogP contribution < -0.4 is 9.47 Å². The van der Waals surface area contributed by atoms with Crippen molar-refractivity contribution in [3.63, 3.8) is 0 Å². The maximum Gasteiger partial charge on any atom is 0.326 e. The lowest BCUT2D eigenvalue weighted by Crippen LogP contribution is -2.08. The molecule has 0 atom stereocenters. The zero-order valence-electron chi connectivity index (χ0n) is 7.12. The first-order chi connectivity index (χ1) is 6.26. The predicted molar refractivity (Wildman–Crippen MR) is 49.3 cm³/mol. The highest BCUT2D eigenvalue weighted by Crippen LogP contribution is 2.16. The van der Waals surface area contributed by atoms with Gasteiger partial charge in [-0.1, -0.05) is 0 Å². The molecule has 0 aliphatic carbocycles. The zero-order valence-corrected chi connectivity index (χ0v) is 7.88. The topological polar surface area (TPSA) is 35.5 Å². The molecule has 1 rings (SSSR count). The summed E-state index contributed by atoms with van der Waals surface area (Å²) in [7, 11) is 1.57. The fraction of sp³-hybridized carbons (Fsp3) is 0.222. The standard InChI is InChI=1S/C9H9ClO3/c1-12-7-2-4-8(5-3-7)13-9(11)6-10/h2-5H,6H2,1H3. The van der Waals surface area contributed by atoms with Gasteiger partial charge in [-0.05, 0) is 24.3 Å². The largest absolute Gasteiger partial charge is 0.497 e. The Morgan fingerprint density at radius 3 is 2.31 bits per heavy atom. The van der Waals surface area contributed by atoms with Gasteiger partial charge in [0.05, 0.1) is 7.11 Å². The summed E-state index contributed by atoms with van der Waals surface area (Å²) < 4.78 is 9.77. The van der Waals surface area contributed by atoms with Crippen molar-refractivity contribution in [1.82, 2.24) is 0 Å². The van der Waals surface area contributed by atoms with Gasteiger partial charge in [-0.2, -0.15) is 0 Å². The fourth-order valence-electron chi connectivity index (χ4n) is 0.802. The minimum Gasteiger partial charge on any atom is -0.497 e. The Kier molecular flexibility index (Phi) is 3.58. The molecule has 0 spiro atoms. The maximum absolute atomic E-state index is 10.8. The molecule has 0 aliphatic rings. The first kappa shape index (κ1) is 9.86. The van der Waals surface area contributed by atoms with Gasteiger partial charge in [-0.3, -0.25) is 4.79 Å². The Bertz CT molecular complexity index is 281. The summed E-state index contributed by atoms with van der Waals surface area (Å²) in [6.07, 6.45) is 0. The maximum atomic E-state index is 10.8. The Labute approximate surface area is 81.2 Å². The third kappa shape index (κ3) is 2.95. The molecule has 13 heavy (non-hydrogen) atoms. The van der Waals surface area contributed by atoms with E-state index in [1.807, 2.05) is 0 Å². The van der Waals surface area contributed by atoms with Crippen molar-refractivity contribution in [3.05, 3.63) is 24.3 Å². The predicted octanol–water partition coefficient (Wildman–Crippen LogP) is 1.84. The molecule has 0 aliphatic heterocycles. The highest BCUT2D eigenvalue weighted by molar-refractivity contribution is 6.26. The van der Waals surface area contributed by atoms with Crippen LogP contribution in [0.15, 0.2) is 24.3 Å². The van der Waals surface area contributed by atoms with Gasteiger partial charge in [-0.25, -0.2) is 0 Å². The molecular weight excluding hydrogens is 192 g/mol. The normalized spacial score (nSPS) is 9.38. The van der Waals surface area contributed by atoms with Gasteiger partial charge >= 0.3 is 5.97 Å². The Balaban J connectivity index is 2.64. The second kappa shape index (κ2) is 4.72. The second-order valence-electron chi connectivity index (χ2n) is 2.28. The molecule has 0 amide bonds. The Morgan fingerprint density at radius 2 is 1.85 bits per heavy atom. The van der Waals surface area contributed by atoms with E-state index in [4.69, 9.17) is 21.1 Å². The third-order valence-corrected chi connectivity index (χ3v) is 1.62. The summed E-state index contributed by atoms with van der Waals surface area (Å²) in [4.78, 5) is 10.8. The third-order valence-electron chi connectivity index (χ3n) is 1.40. The molecule has 0 radical (unpaired) electrons. The van der Waals surface area contributed by atoms with E-state index >= 15 is 0 Å². The molecule has 0 N–H and O–H groups in total. The van der Waals surface area contributed by atoms with Crippen molar-refractivity contribution in [1.29, 1.82) is 0 Å². The monoisotopic (exact) mass is 200 g/mol. The summed E-state index contributed by atoms with van der Waals surface area (Å²) in [5.41, 5.74) is 0. The average Bonchev–Trinajstić information content (AvgIpc) is 2.19. The number of ether oxygens (including phenoxy) is 2. The lowest BCUT2D eigenvalue weighted by Gasteiger charge is -2.02. The van der Waals surface area contributed by atoms with E-state index in [-0.39, 0.29) is 5.88 Å². The second-order valence-corrected chi connectivity index (χ2v) is 2.55. The van der Waals surface area contributed by atoms with Gasteiger partial charge in [0.2, 0.25) is 0 Å². The molecule has 1 aromatic rings. The minimum atomic E-state index is -0.466. The molecule has 0 saturated heterocycles. The van der Waals surface area contributed by atoms with Gasteiger partial charge in [0.25, 0.3) is 0 Å². The number of esters is 1. The molecule has 0 saturated carbocycles. The summed E-state index contributed by atoms with van der Waals surface area (Å²) in [5, 5.41) is 0. The molecule has 0 fully saturated rings. The quantitative estimate of drug-likeness (QED) is 0.424. The van der Waals surface area contributed by atoms with E-state index < -0.39 is 5.97 Å². The van der Waals surface area contributed by atoms with E-state index in [1.165, 1.54) is 0 Å². The van der Waals surface area contributed by atoms with Gasteiger partial charge in [0.1, 0.15) is 17.4 Å². The fourth-order valence-corrected chi connectivity index (χ4v) is 0.857. The van der Waals surface area contributed by atoms with E-state index in [2.05, 4.69) is 0 Å². The van der Waals surface area contributed by atoms with Crippen LogP contribution in [0.1, 0.15) is 0 Å². The van der Waals surface area contributed by atoms with Gasteiger partial charge in [0.15, 0.2) is 0 Å². The average molecular weight is 201 g/mol. The Hall–Kier alpha value is -1.22. The Morgan fingerprint density at radius 1 is 1.31 bits per heavy atom. The van der Waals surface area contributed by atoms with E-state index in [1.54, 1.807) is 31.4 Å². The van der Waals surface area contributed by atoms with Crippen LogP contribution in [0, 0.1) is 0 Å². The number of rotatable bonds is 3. The summed E-state index contributed by atoms with van der Waals surface area (Å²) in [5.74, 6) is 0.565. The number of carbonyl (C=O) groups excluding carboxylic acids is 1. The number of carbonyl (C=O) groups is 1. The number of methoxy groups -OCH3 is 1. The number of alkyl halides is 1. The van der Waals surface area contributed by atoms with Gasteiger partial charge in [0, 0.05) is 0 Å². The molecular formula is C9H9ClO3. The van der Waals surface area contributed by atoms with Crippen LogP contribution in [0.2, 0.25) is 0 Å². The van der Waals surface area contributed by atoms with Crippen LogP contribution in [0.25, 0.3) is 0 Å². The summed E-state index contributed by atoms with van der Waals surface area (Å²) in [6.45, 7) is 0. The van der Waals surface area contributed by atoms with Gasteiger partial charge in [-0.15, -0.1) is 11.6 Å². The molecule has 4 heteroatoms. The number of benzene rings is 1. The van der Waals surface area contributed by atoms with Crippen molar-refractivity contribution in [2.45, 2.75) is 0 Å². The smallest absolute Gasteiger partial charge is 0.326 e. The van der Waals surface area contributed by atoms with Crippen LogP contribution in [0.4, 0.5) is 0 Å². The van der Waals surface area contributed by atoms with Crippen LogP contribution in [-0.2, 0) is 4.79 Å². The molecule has 0 heterocycles. The molecule has 0 unspecified atom stereocenters. The van der Waals surface area contributed by atoms with Crippen LogP contribution in [0.3, 0.4) is 0 Å². The van der Waals surface area contributed by atoms with E-state index in [9.17, 15) is 4.79 Å². The number of halogens is 1.